The first-order valence-electron chi connectivity index (χ1n) is 7.17. The Balaban J connectivity index is 1.85. The van der Waals surface area contributed by atoms with Crippen molar-refractivity contribution in [2.24, 2.45) is 16.4 Å². The molecule has 0 radical (unpaired) electrons. The van der Waals surface area contributed by atoms with Crippen LogP contribution in [0.2, 0.25) is 0 Å². The van der Waals surface area contributed by atoms with Crippen LogP contribution in [0, 0.1) is 11.3 Å². The van der Waals surface area contributed by atoms with Crippen molar-refractivity contribution in [3.63, 3.8) is 0 Å². The van der Waals surface area contributed by atoms with Crippen LogP contribution in [0.3, 0.4) is 0 Å². The van der Waals surface area contributed by atoms with Gasteiger partial charge in [-0.05, 0) is 30.6 Å². The van der Waals surface area contributed by atoms with Gasteiger partial charge in [-0.2, -0.15) is 9.78 Å². The summed E-state index contributed by atoms with van der Waals surface area (Å²) < 4.78 is 1.95. The molecule has 1 aromatic rings. The number of hydrogen-bond donors (Lipinski definition) is 0. The molecule has 4 nitrogen and oxygen atoms in total. The van der Waals surface area contributed by atoms with Crippen molar-refractivity contribution in [1.29, 1.82) is 0 Å². The van der Waals surface area contributed by atoms with E-state index in [1.165, 1.54) is 18.6 Å². The first-order valence-corrected chi connectivity index (χ1v) is 8.05. The Morgan fingerprint density at radius 3 is 2.79 bits per heavy atom. The van der Waals surface area contributed by atoms with Gasteiger partial charge in [-0.25, -0.2) is 0 Å². The summed E-state index contributed by atoms with van der Waals surface area (Å²) in [5, 5.41) is 14.8. The summed E-state index contributed by atoms with van der Waals surface area (Å²) in [7, 11) is 0. The molecule has 0 spiro atoms. The molecule has 1 saturated carbocycles. The minimum Gasteiger partial charge on any atom is -0.192 e. The van der Waals surface area contributed by atoms with Crippen molar-refractivity contribution in [2.75, 3.05) is 0 Å². The third-order valence-electron chi connectivity index (χ3n) is 4.31. The molecule has 0 aromatic carbocycles. The molecular formula is C14H22N4S. The molecule has 1 aromatic heterocycles. The van der Waals surface area contributed by atoms with Crippen LogP contribution in [0.25, 0.3) is 0 Å². The monoisotopic (exact) mass is 278 g/mol. The molecule has 19 heavy (non-hydrogen) atoms. The molecule has 2 unspecified atom stereocenters. The van der Waals surface area contributed by atoms with Gasteiger partial charge in [0.2, 0.25) is 5.16 Å². The Bertz CT molecular complexity index is 512. The van der Waals surface area contributed by atoms with Gasteiger partial charge in [-0.1, -0.05) is 39.5 Å². The summed E-state index contributed by atoms with van der Waals surface area (Å²) >= 11 is 1.86. The van der Waals surface area contributed by atoms with Crippen LogP contribution in [-0.4, -0.2) is 25.8 Å². The maximum Gasteiger partial charge on any atom is 0.212 e. The van der Waals surface area contributed by atoms with Gasteiger partial charge in [-0.15, -0.1) is 10.2 Å². The van der Waals surface area contributed by atoms with Crippen LogP contribution < -0.4 is 0 Å². The fourth-order valence-electron chi connectivity index (χ4n) is 2.96. The predicted molar refractivity (Wildman–Crippen MR) is 78.7 cm³/mol. The first-order chi connectivity index (χ1) is 8.99. The smallest absolute Gasteiger partial charge is 0.192 e. The molecule has 5 heteroatoms. The Labute approximate surface area is 119 Å². The summed E-state index contributed by atoms with van der Waals surface area (Å²) in [5.74, 6) is 1.76. The van der Waals surface area contributed by atoms with E-state index in [1.807, 2.05) is 16.4 Å². The Hall–Kier alpha value is -0.840. The van der Waals surface area contributed by atoms with Gasteiger partial charge < -0.3 is 0 Å². The lowest BCUT2D eigenvalue weighted by Gasteiger charge is -2.38. The Morgan fingerprint density at radius 2 is 2.11 bits per heavy atom. The highest BCUT2D eigenvalue weighted by atomic mass is 32.2. The molecule has 2 heterocycles. The standard InChI is InChI=1S/C14H22N4S/c1-5-12-15-16-13-18(12)17-10-7-6-9(14(2,3)4)8-11(10)19-13/h9,11H,5-8H2,1-4H3. The highest BCUT2D eigenvalue weighted by Gasteiger charge is 2.37. The van der Waals surface area contributed by atoms with E-state index >= 15 is 0 Å². The average molecular weight is 278 g/mol. The number of nitrogens with zero attached hydrogens (tertiary/aromatic N) is 4. The van der Waals surface area contributed by atoms with Gasteiger partial charge in [0.05, 0.1) is 11.0 Å². The Kier molecular flexibility index (Phi) is 3.20. The largest absolute Gasteiger partial charge is 0.212 e. The van der Waals surface area contributed by atoms with Crippen molar-refractivity contribution in [3.8, 4) is 0 Å². The molecule has 0 amide bonds. The van der Waals surface area contributed by atoms with Crippen LogP contribution in [0.15, 0.2) is 10.3 Å². The number of aryl methyl sites for hydroxylation is 1. The third kappa shape index (κ3) is 2.33. The highest BCUT2D eigenvalue weighted by molar-refractivity contribution is 8.00. The molecule has 2 aliphatic rings. The van der Waals surface area contributed by atoms with Crippen molar-refractivity contribution >= 4 is 17.5 Å². The van der Waals surface area contributed by atoms with E-state index in [-0.39, 0.29) is 0 Å². The minimum atomic E-state index is 0.395. The summed E-state index contributed by atoms with van der Waals surface area (Å²) in [5.41, 5.74) is 1.73. The molecular weight excluding hydrogens is 256 g/mol. The van der Waals surface area contributed by atoms with Gasteiger partial charge in [0.15, 0.2) is 5.82 Å². The number of aromatic nitrogens is 3. The predicted octanol–water partition coefficient (Wildman–Crippen LogP) is 3.37. The number of rotatable bonds is 1. The fourth-order valence-corrected chi connectivity index (χ4v) is 4.18. The van der Waals surface area contributed by atoms with E-state index in [2.05, 4.69) is 37.9 Å². The number of hydrogen-bond acceptors (Lipinski definition) is 4. The Morgan fingerprint density at radius 1 is 1.32 bits per heavy atom. The van der Waals surface area contributed by atoms with E-state index in [9.17, 15) is 0 Å². The molecule has 1 aliphatic heterocycles. The summed E-state index contributed by atoms with van der Waals surface area (Å²) in [4.78, 5) is 0. The van der Waals surface area contributed by atoms with Crippen molar-refractivity contribution in [1.82, 2.24) is 14.9 Å². The van der Waals surface area contributed by atoms with E-state index in [4.69, 9.17) is 5.10 Å². The second-order valence-electron chi connectivity index (χ2n) is 6.60. The molecule has 0 saturated heterocycles. The van der Waals surface area contributed by atoms with Gasteiger partial charge in [0, 0.05) is 6.42 Å². The second kappa shape index (κ2) is 4.62. The minimum absolute atomic E-state index is 0.395. The quantitative estimate of drug-likeness (QED) is 0.791. The number of fused-ring (bicyclic) bond motifs is 2. The van der Waals surface area contributed by atoms with Gasteiger partial charge in [0.1, 0.15) is 0 Å². The second-order valence-corrected chi connectivity index (χ2v) is 7.77. The molecule has 1 fully saturated rings. The van der Waals surface area contributed by atoms with E-state index in [1.54, 1.807) is 0 Å². The first kappa shape index (κ1) is 13.2. The summed E-state index contributed by atoms with van der Waals surface area (Å²) in [6.07, 6.45) is 4.50. The maximum absolute atomic E-state index is 4.80. The van der Waals surface area contributed by atoms with E-state index in [0.717, 1.165) is 29.7 Å². The fraction of sp³-hybridized carbons (Fsp3) is 0.786. The highest BCUT2D eigenvalue weighted by Crippen LogP contribution is 2.43. The van der Waals surface area contributed by atoms with Crippen molar-refractivity contribution in [2.45, 2.75) is 63.8 Å². The molecule has 0 N–H and O–H groups in total. The van der Waals surface area contributed by atoms with Crippen LogP contribution in [0.4, 0.5) is 0 Å². The third-order valence-corrected chi connectivity index (χ3v) is 5.53. The summed E-state index contributed by atoms with van der Waals surface area (Å²) in [6, 6.07) is 0. The molecule has 1 aliphatic carbocycles. The van der Waals surface area contributed by atoms with Crippen LogP contribution in [0.1, 0.15) is 52.8 Å². The van der Waals surface area contributed by atoms with Gasteiger partial charge in [-0.3, -0.25) is 0 Å². The van der Waals surface area contributed by atoms with Crippen LogP contribution in [0.5, 0.6) is 0 Å². The normalized spacial score (nSPS) is 26.6. The van der Waals surface area contributed by atoms with Crippen LogP contribution in [-0.2, 0) is 6.42 Å². The zero-order chi connectivity index (χ0) is 13.6. The molecule has 0 bridgehead atoms. The molecule has 3 rings (SSSR count). The lowest BCUT2D eigenvalue weighted by Crippen LogP contribution is -2.35. The summed E-state index contributed by atoms with van der Waals surface area (Å²) in [6.45, 7) is 9.16. The van der Waals surface area contributed by atoms with E-state index < -0.39 is 0 Å². The van der Waals surface area contributed by atoms with Gasteiger partial charge >= 0.3 is 0 Å². The lowest BCUT2D eigenvalue weighted by molar-refractivity contribution is 0.210. The average Bonchev–Trinajstić information content (AvgIpc) is 2.76. The topological polar surface area (TPSA) is 43.1 Å². The van der Waals surface area contributed by atoms with E-state index in [0.29, 0.717) is 10.7 Å². The zero-order valence-corrected chi connectivity index (χ0v) is 13.0. The zero-order valence-electron chi connectivity index (χ0n) is 12.2. The van der Waals surface area contributed by atoms with Gasteiger partial charge in [0.25, 0.3) is 0 Å². The van der Waals surface area contributed by atoms with Crippen molar-refractivity contribution in [3.05, 3.63) is 5.82 Å². The maximum atomic E-state index is 4.80. The molecule has 104 valence electrons. The van der Waals surface area contributed by atoms with Crippen molar-refractivity contribution < 1.29 is 0 Å². The lowest BCUT2D eigenvalue weighted by atomic mass is 9.72. The SMILES string of the molecule is CCc1nnc2n1N=C1CCC(C(C)(C)C)CC1S2. The molecule has 2 atom stereocenters. The van der Waals surface area contributed by atoms with Crippen LogP contribution >= 0.6 is 11.8 Å². The number of thioether (sulfide) groups is 1.